The fourth-order valence-electron chi connectivity index (χ4n) is 2.34. The molecule has 1 N–H and O–H groups in total. The first-order valence-corrected chi connectivity index (χ1v) is 7.88. The lowest BCUT2D eigenvalue weighted by atomic mass is 10.1. The Morgan fingerprint density at radius 2 is 1.73 bits per heavy atom. The van der Waals surface area contributed by atoms with Crippen LogP contribution in [-0.2, 0) is 0 Å². The zero-order valence-electron chi connectivity index (χ0n) is 14.3. The number of hydrogen-bond donors (Lipinski definition) is 1. The third-order valence-corrected chi connectivity index (χ3v) is 3.65. The van der Waals surface area contributed by atoms with Crippen molar-refractivity contribution in [3.05, 3.63) is 72.2 Å². The molecule has 0 atom stereocenters. The molecule has 0 spiro atoms. The molecule has 0 saturated carbocycles. The fraction of sp³-hybridized carbons (Fsp3) is 0.100. The van der Waals surface area contributed by atoms with Crippen molar-refractivity contribution in [1.82, 2.24) is 0 Å². The summed E-state index contributed by atoms with van der Waals surface area (Å²) in [5.41, 5.74) is 1.05. The molecule has 132 valence electrons. The summed E-state index contributed by atoms with van der Waals surface area (Å²) in [6.45, 7) is 1.47. The number of rotatable bonds is 6. The van der Waals surface area contributed by atoms with E-state index < -0.39 is 0 Å². The van der Waals surface area contributed by atoms with Crippen molar-refractivity contribution >= 4 is 17.4 Å². The topological polar surface area (TPSA) is 77.8 Å². The summed E-state index contributed by atoms with van der Waals surface area (Å²) in [7, 11) is 1.54. The van der Waals surface area contributed by atoms with Gasteiger partial charge in [-0.15, -0.1) is 0 Å². The van der Waals surface area contributed by atoms with Gasteiger partial charge in [-0.2, -0.15) is 0 Å². The third-order valence-electron chi connectivity index (χ3n) is 3.65. The van der Waals surface area contributed by atoms with E-state index >= 15 is 0 Å². The Labute approximate surface area is 150 Å². The number of ketones is 1. The van der Waals surface area contributed by atoms with E-state index in [9.17, 15) is 9.59 Å². The number of methoxy groups -OCH3 is 1. The minimum atomic E-state index is -0.338. The van der Waals surface area contributed by atoms with Gasteiger partial charge in [0.15, 0.2) is 11.5 Å². The summed E-state index contributed by atoms with van der Waals surface area (Å²) in [6.07, 6.45) is 1.44. The first kappa shape index (κ1) is 17.3. The molecule has 6 heteroatoms. The number of nitrogens with one attached hydrogen (secondary N) is 1. The number of Topliss-reactive ketones (excluding diaryl/α,β-unsaturated/α-hetero) is 1. The molecule has 3 rings (SSSR count). The van der Waals surface area contributed by atoms with Crippen molar-refractivity contribution in [1.29, 1.82) is 0 Å². The molecule has 0 saturated heterocycles. The molecule has 0 aliphatic heterocycles. The van der Waals surface area contributed by atoms with Gasteiger partial charge < -0.3 is 19.2 Å². The van der Waals surface area contributed by atoms with Crippen molar-refractivity contribution in [2.45, 2.75) is 6.92 Å². The van der Waals surface area contributed by atoms with E-state index in [4.69, 9.17) is 13.9 Å². The zero-order valence-corrected chi connectivity index (χ0v) is 14.3. The molecule has 6 nitrogen and oxygen atoms in total. The number of ether oxygens (including phenoxy) is 2. The summed E-state index contributed by atoms with van der Waals surface area (Å²) >= 11 is 0. The van der Waals surface area contributed by atoms with Crippen molar-refractivity contribution < 1.29 is 23.5 Å². The number of anilines is 1. The number of amides is 1. The fourth-order valence-corrected chi connectivity index (χ4v) is 2.34. The molecule has 1 heterocycles. The zero-order chi connectivity index (χ0) is 18.5. The van der Waals surface area contributed by atoms with Crippen LogP contribution in [0.25, 0.3) is 0 Å². The standard InChI is InChI=1S/C20H17NO5/c1-13(22)17-10-9-16(24-2)12-19(17)26-15-7-5-14(6-8-15)21-20(23)18-4-3-11-25-18/h3-12H,1-2H3,(H,21,23). The Bertz CT molecular complexity index is 914. The first-order chi connectivity index (χ1) is 12.6. The lowest BCUT2D eigenvalue weighted by Crippen LogP contribution is -2.10. The minimum Gasteiger partial charge on any atom is -0.497 e. The average molecular weight is 351 g/mol. The maximum Gasteiger partial charge on any atom is 0.291 e. The van der Waals surface area contributed by atoms with Gasteiger partial charge in [0.25, 0.3) is 5.91 Å². The Balaban J connectivity index is 1.75. The maximum absolute atomic E-state index is 12.0. The molecule has 0 bridgehead atoms. The Morgan fingerprint density at radius 3 is 2.35 bits per heavy atom. The second-order valence-electron chi connectivity index (χ2n) is 5.48. The number of carbonyl (C=O) groups is 2. The Hall–Kier alpha value is -3.54. The summed E-state index contributed by atoms with van der Waals surface area (Å²) in [6, 6.07) is 15.0. The van der Waals surface area contributed by atoms with E-state index in [0.29, 0.717) is 28.5 Å². The van der Waals surface area contributed by atoms with Gasteiger partial charge in [-0.3, -0.25) is 9.59 Å². The highest BCUT2D eigenvalue weighted by molar-refractivity contribution is 6.02. The van der Waals surface area contributed by atoms with Crippen LogP contribution in [0.2, 0.25) is 0 Å². The van der Waals surface area contributed by atoms with Crippen molar-refractivity contribution in [2.24, 2.45) is 0 Å². The average Bonchev–Trinajstić information content (AvgIpc) is 3.18. The van der Waals surface area contributed by atoms with Crippen LogP contribution in [0, 0.1) is 0 Å². The van der Waals surface area contributed by atoms with E-state index in [-0.39, 0.29) is 17.5 Å². The molecule has 3 aromatic rings. The van der Waals surface area contributed by atoms with Crippen LogP contribution < -0.4 is 14.8 Å². The van der Waals surface area contributed by atoms with Crippen molar-refractivity contribution in [3.63, 3.8) is 0 Å². The maximum atomic E-state index is 12.0. The number of furan rings is 1. The SMILES string of the molecule is COc1ccc(C(C)=O)c(Oc2ccc(NC(=O)c3ccco3)cc2)c1. The molecule has 26 heavy (non-hydrogen) atoms. The predicted molar refractivity (Wildman–Crippen MR) is 96.2 cm³/mol. The van der Waals surface area contributed by atoms with Gasteiger partial charge in [0.05, 0.1) is 18.9 Å². The van der Waals surface area contributed by atoms with Gasteiger partial charge in [-0.05, 0) is 55.5 Å². The van der Waals surface area contributed by atoms with E-state index in [1.807, 2.05) is 0 Å². The van der Waals surface area contributed by atoms with Crippen LogP contribution >= 0.6 is 0 Å². The minimum absolute atomic E-state index is 0.106. The highest BCUT2D eigenvalue weighted by atomic mass is 16.5. The van der Waals surface area contributed by atoms with Crippen LogP contribution in [0.1, 0.15) is 27.8 Å². The van der Waals surface area contributed by atoms with E-state index in [2.05, 4.69) is 5.32 Å². The monoisotopic (exact) mass is 351 g/mol. The lowest BCUT2D eigenvalue weighted by molar-refractivity contribution is 0.0993. The number of carbonyl (C=O) groups excluding carboxylic acids is 2. The van der Waals surface area contributed by atoms with Crippen LogP contribution in [0.3, 0.4) is 0 Å². The molecule has 0 aliphatic carbocycles. The summed E-state index contributed by atoms with van der Waals surface area (Å²) < 4.78 is 16.0. The lowest BCUT2D eigenvalue weighted by Gasteiger charge is -2.12. The molecular weight excluding hydrogens is 334 g/mol. The predicted octanol–water partition coefficient (Wildman–Crippen LogP) is 4.54. The van der Waals surface area contributed by atoms with Gasteiger partial charge in [-0.1, -0.05) is 0 Å². The number of hydrogen-bond acceptors (Lipinski definition) is 5. The second kappa shape index (κ2) is 7.57. The molecule has 0 aliphatic rings. The summed E-state index contributed by atoms with van der Waals surface area (Å²) in [5.74, 6) is 1.31. The van der Waals surface area contributed by atoms with Gasteiger partial charge in [0.1, 0.15) is 17.2 Å². The first-order valence-electron chi connectivity index (χ1n) is 7.88. The Kier molecular flexibility index (Phi) is 5.03. The molecule has 0 radical (unpaired) electrons. The highest BCUT2D eigenvalue weighted by Gasteiger charge is 2.12. The quantitative estimate of drug-likeness (QED) is 0.660. The van der Waals surface area contributed by atoms with Gasteiger partial charge in [0.2, 0.25) is 0 Å². The molecule has 0 fully saturated rings. The molecule has 2 aromatic carbocycles. The van der Waals surface area contributed by atoms with Gasteiger partial charge in [0, 0.05) is 11.8 Å². The van der Waals surface area contributed by atoms with Crippen LogP contribution in [-0.4, -0.2) is 18.8 Å². The van der Waals surface area contributed by atoms with E-state index in [1.54, 1.807) is 61.7 Å². The largest absolute Gasteiger partial charge is 0.497 e. The van der Waals surface area contributed by atoms with Crippen LogP contribution in [0.15, 0.2) is 65.3 Å². The van der Waals surface area contributed by atoms with Crippen molar-refractivity contribution in [2.75, 3.05) is 12.4 Å². The molecular formula is C20H17NO5. The number of benzene rings is 2. The summed E-state index contributed by atoms with van der Waals surface area (Å²) in [4.78, 5) is 23.7. The van der Waals surface area contributed by atoms with E-state index in [1.165, 1.54) is 13.2 Å². The van der Waals surface area contributed by atoms with E-state index in [0.717, 1.165) is 0 Å². The smallest absolute Gasteiger partial charge is 0.291 e. The van der Waals surface area contributed by atoms with Gasteiger partial charge >= 0.3 is 0 Å². The van der Waals surface area contributed by atoms with Gasteiger partial charge in [-0.25, -0.2) is 0 Å². The third kappa shape index (κ3) is 3.92. The molecule has 0 unspecified atom stereocenters. The van der Waals surface area contributed by atoms with Crippen molar-refractivity contribution in [3.8, 4) is 17.2 Å². The Morgan fingerprint density at radius 1 is 1.00 bits per heavy atom. The highest BCUT2D eigenvalue weighted by Crippen LogP contribution is 2.30. The normalized spacial score (nSPS) is 10.2. The molecule has 1 aromatic heterocycles. The summed E-state index contributed by atoms with van der Waals surface area (Å²) in [5, 5.41) is 2.72. The second-order valence-corrected chi connectivity index (χ2v) is 5.48. The molecule has 1 amide bonds. The van der Waals surface area contributed by atoms with Crippen LogP contribution in [0.5, 0.6) is 17.2 Å². The van der Waals surface area contributed by atoms with Crippen LogP contribution in [0.4, 0.5) is 5.69 Å².